The smallest absolute Gasteiger partial charge is 0.338 e. The number of amides is 4. The van der Waals surface area contributed by atoms with Gasteiger partial charge in [-0.1, -0.05) is 29.8 Å². The molecule has 170 valence electrons. The average Bonchev–Trinajstić information content (AvgIpc) is 3.12. The van der Waals surface area contributed by atoms with Gasteiger partial charge in [0.15, 0.2) is 6.61 Å². The molecule has 2 aromatic rings. The predicted molar refractivity (Wildman–Crippen MR) is 119 cm³/mol. The summed E-state index contributed by atoms with van der Waals surface area (Å²) in [7, 11) is 0. The lowest BCUT2D eigenvalue weighted by Gasteiger charge is -2.22. The highest BCUT2D eigenvalue weighted by molar-refractivity contribution is 6.31. The van der Waals surface area contributed by atoms with Gasteiger partial charge in [0.05, 0.1) is 31.1 Å². The van der Waals surface area contributed by atoms with E-state index in [0.717, 1.165) is 10.5 Å². The molecule has 0 bridgehead atoms. The Morgan fingerprint density at radius 1 is 1.24 bits per heavy atom. The first-order valence-electron chi connectivity index (χ1n) is 10.1. The third-order valence-corrected chi connectivity index (χ3v) is 5.46. The molecule has 0 radical (unpaired) electrons. The van der Waals surface area contributed by atoms with Gasteiger partial charge in [-0.05, 0) is 42.3 Å². The number of carbonyl (C=O) groups is 4. The number of carbonyl (C=O) groups excluding carboxylic acids is 4. The fraction of sp³-hybridized carbons (Fsp3) is 0.261. The molecule has 4 amide bonds. The van der Waals surface area contributed by atoms with Crippen LogP contribution in [0.2, 0.25) is 5.02 Å². The van der Waals surface area contributed by atoms with Crippen LogP contribution in [-0.2, 0) is 20.9 Å². The van der Waals surface area contributed by atoms with Crippen molar-refractivity contribution in [2.45, 2.75) is 19.9 Å². The van der Waals surface area contributed by atoms with E-state index in [9.17, 15) is 19.2 Å². The summed E-state index contributed by atoms with van der Waals surface area (Å²) < 4.78 is 5.24. The van der Waals surface area contributed by atoms with Crippen molar-refractivity contribution < 1.29 is 23.9 Å². The lowest BCUT2D eigenvalue weighted by atomic mass is 10.1. The number of nitriles is 1. The van der Waals surface area contributed by atoms with Crippen molar-refractivity contribution in [3.63, 3.8) is 0 Å². The Hall–Kier alpha value is -3.90. The zero-order chi connectivity index (χ0) is 24.0. The van der Waals surface area contributed by atoms with Gasteiger partial charge in [0.1, 0.15) is 0 Å². The van der Waals surface area contributed by atoms with Gasteiger partial charge in [-0.3, -0.25) is 14.5 Å². The molecule has 0 saturated carbocycles. The molecular formula is C23H21ClN4O5. The molecule has 0 atom stereocenters. The summed E-state index contributed by atoms with van der Waals surface area (Å²) in [6.45, 7) is 1.17. The molecule has 33 heavy (non-hydrogen) atoms. The number of nitrogens with one attached hydrogen (secondary N) is 1. The number of halogens is 1. The van der Waals surface area contributed by atoms with Gasteiger partial charge >= 0.3 is 12.0 Å². The fourth-order valence-corrected chi connectivity index (χ4v) is 3.40. The van der Waals surface area contributed by atoms with Gasteiger partial charge < -0.3 is 15.0 Å². The summed E-state index contributed by atoms with van der Waals surface area (Å²) in [6, 6.07) is 12.9. The molecule has 0 unspecified atom stereocenters. The first-order valence-corrected chi connectivity index (χ1v) is 10.5. The van der Waals surface area contributed by atoms with Crippen LogP contribution in [0.3, 0.4) is 0 Å². The Morgan fingerprint density at radius 3 is 2.67 bits per heavy atom. The summed E-state index contributed by atoms with van der Waals surface area (Å²) in [5, 5.41) is 11.9. The zero-order valence-electron chi connectivity index (χ0n) is 17.8. The minimum Gasteiger partial charge on any atom is -0.452 e. The maximum Gasteiger partial charge on any atom is 0.338 e. The van der Waals surface area contributed by atoms with E-state index in [1.807, 2.05) is 6.07 Å². The highest BCUT2D eigenvalue weighted by Crippen LogP contribution is 2.23. The van der Waals surface area contributed by atoms with Crippen LogP contribution in [0.15, 0.2) is 42.5 Å². The van der Waals surface area contributed by atoms with Crippen LogP contribution in [0.1, 0.15) is 27.9 Å². The van der Waals surface area contributed by atoms with Gasteiger partial charge in [-0.15, -0.1) is 0 Å². The minimum atomic E-state index is -0.765. The number of hydrogen-bond acceptors (Lipinski definition) is 6. The van der Waals surface area contributed by atoms with Crippen LogP contribution < -0.4 is 10.2 Å². The van der Waals surface area contributed by atoms with Crippen LogP contribution in [0, 0.1) is 18.3 Å². The zero-order valence-corrected chi connectivity index (χ0v) is 18.6. The summed E-state index contributed by atoms with van der Waals surface area (Å²) in [6.07, 6.45) is 0.0934. The molecule has 1 aliphatic heterocycles. The van der Waals surface area contributed by atoms with Crippen molar-refractivity contribution >= 4 is 41.1 Å². The Balaban J connectivity index is 1.72. The van der Waals surface area contributed by atoms with E-state index in [-0.39, 0.29) is 31.6 Å². The summed E-state index contributed by atoms with van der Waals surface area (Å²) in [4.78, 5) is 51.6. The molecule has 1 fully saturated rings. The maximum atomic E-state index is 12.8. The van der Waals surface area contributed by atoms with Crippen molar-refractivity contribution in [3.05, 3.63) is 64.2 Å². The monoisotopic (exact) mass is 468 g/mol. The molecule has 1 aliphatic rings. The van der Waals surface area contributed by atoms with Crippen molar-refractivity contribution in [2.75, 3.05) is 24.6 Å². The number of hydrogen-bond donors (Lipinski definition) is 1. The number of imide groups is 1. The Bertz CT molecular complexity index is 1130. The van der Waals surface area contributed by atoms with E-state index in [0.29, 0.717) is 16.3 Å². The molecule has 10 heteroatoms. The number of ether oxygens (including phenoxy) is 1. The highest BCUT2D eigenvalue weighted by Gasteiger charge is 2.29. The van der Waals surface area contributed by atoms with Gasteiger partial charge in [-0.25, -0.2) is 9.59 Å². The van der Waals surface area contributed by atoms with E-state index in [1.54, 1.807) is 43.3 Å². The van der Waals surface area contributed by atoms with Crippen LogP contribution in [0.4, 0.5) is 10.5 Å². The Morgan fingerprint density at radius 2 is 2.00 bits per heavy atom. The van der Waals surface area contributed by atoms with E-state index in [1.165, 1.54) is 11.0 Å². The van der Waals surface area contributed by atoms with Crippen LogP contribution >= 0.6 is 11.6 Å². The molecular weight excluding hydrogens is 448 g/mol. The topological polar surface area (TPSA) is 120 Å². The number of esters is 1. The number of aryl methyl sites for hydroxylation is 1. The third kappa shape index (κ3) is 5.67. The van der Waals surface area contributed by atoms with Crippen LogP contribution in [-0.4, -0.2) is 48.4 Å². The standard InChI is InChI=1S/C23H21ClN4O5/c1-15-11-17(7-8-19(15)24)27(10-4-9-25)21(30)14-33-22(31)18-6-3-2-5-16(18)13-28-20(29)12-26-23(28)32/h2-3,5-8,11H,4,10,12-14H2,1H3,(H,26,32). The van der Waals surface area contributed by atoms with E-state index in [4.69, 9.17) is 21.6 Å². The number of urea groups is 1. The quantitative estimate of drug-likeness (QED) is 0.470. The molecule has 0 spiro atoms. The minimum absolute atomic E-state index is 0.0934. The molecule has 1 N–H and O–H groups in total. The van der Waals surface area contributed by atoms with Crippen LogP contribution in [0.25, 0.3) is 0 Å². The number of nitrogens with zero attached hydrogens (tertiary/aromatic N) is 3. The molecule has 1 heterocycles. The molecule has 2 aromatic carbocycles. The second-order valence-electron chi connectivity index (χ2n) is 7.26. The van der Waals surface area contributed by atoms with Crippen molar-refractivity contribution in [1.82, 2.24) is 10.2 Å². The summed E-state index contributed by atoms with van der Waals surface area (Å²) in [5.74, 6) is -1.67. The Labute approximate surface area is 195 Å². The Kier molecular flexibility index (Phi) is 7.64. The summed E-state index contributed by atoms with van der Waals surface area (Å²) in [5.41, 5.74) is 1.85. The fourth-order valence-electron chi connectivity index (χ4n) is 3.28. The van der Waals surface area contributed by atoms with Crippen LogP contribution in [0.5, 0.6) is 0 Å². The molecule has 0 aliphatic carbocycles. The maximum absolute atomic E-state index is 12.8. The van der Waals surface area contributed by atoms with Gasteiger partial charge in [0.25, 0.3) is 5.91 Å². The van der Waals surface area contributed by atoms with Gasteiger partial charge in [-0.2, -0.15) is 5.26 Å². The van der Waals surface area contributed by atoms with Gasteiger partial charge in [0.2, 0.25) is 5.91 Å². The van der Waals surface area contributed by atoms with Crippen molar-refractivity contribution in [1.29, 1.82) is 5.26 Å². The van der Waals surface area contributed by atoms with Gasteiger partial charge in [0, 0.05) is 17.3 Å². The SMILES string of the molecule is Cc1cc(N(CCC#N)C(=O)COC(=O)c2ccccc2CN2C(=O)CNC2=O)ccc1Cl. The van der Waals surface area contributed by atoms with Crippen molar-refractivity contribution in [2.24, 2.45) is 0 Å². The van der Waals surface area contributed by atoms with E-state index >= 15 is 0 Å². The van der Waals surface area contributed by atoms with Crippen molar-refractivity contribution in [3.8, 4) is 6.07 Å². The average molecular weight is 469 g/mol. The predicted octanol–water partition coefficient (Wildman–Crippen LogP) is 2.80. The van der Waals surface area contributed by atoms with E-state index < -0.39 is 30.4 Å². The highest BCUT2D eigenvalue weighted by atomic mass is 35.5. The third-order valence-electron chi connectivity index (χ3n) is 5.03. The second kappa shape index (κ2) is 10.6. The lowest BCUT2D eigenvalue weighted by Crippen LogP contribution is -2.35. The molecule has 9 nitrogen and oxygen atoms in total. The first-order chi connectivity index (χ1) is 15.8. The molecule has 3 rings (SSSR count). The van der Waals surface area contributed by atoms with E-state index in [2.05, 4.69) is 5.32 Å². The molecule has 1 saturated heterocycles. The number of benzene rings is 2. The lowest BCUT2D eigenvalue weighted by molar-refractivity contribution is -0.125. The number of rotatable bonds is 8. The largest absolute Gasteiger partial charge is 0.452 e. The number of anilines is 1. The second-order valence-corrected chi connectivity index (χ2v) is 7.67. The first kappa shape index (κ1) is 23.8. The molecule has 0 aromatic heterocycles. The normalized spacial score (nSPS) is 12.8. The summed E-state index contributed by atoms with van der Waals surface area (Å²) >= 11 is 6.06.